The van der Waals surface area contributed by atoms with Gasteiger partial charge in [0.05, 0.1) is 30.9 Å². The van der Waals surface area contributed by atoms with E-state index in [4.69, 9.17) is 37.9 Å². The van der Waals surface area contributed by atoms with Crippen molar-refractivity contribution < 1.29 is 28.6 Å². The third-order valence-corrected chi connectivity index (χ3v) is 13.1. The standard InChI is InChI=1S/C21H30N2O6.C16H27N5S.C15H24N2.C5H12/c1-4-9-27-10-11-28-12-13-29-17-5-6-18(15(2)14-17)23(16(3)24)19-7-8-20(25)22-21(19)26;1-4-10-21(11-6-7-13(3)5-2)16-18-9-8-14(20-16)15(17)19-12-22;1-5-10(2)15(17)13(9-16)14-11(3)7-6-8-12(14)4;1-4-5(2)3/h5-6,14,19H,4,7-13H2,1-3H3,(H,22,25,26);8-9,12-13H,4-7,10-11H2,1-3H3,(H2,17,19,22);10-11H,5-8,17H2,1-4H3;5H,4H2,1-3H3/b;;15-13+;. The Morgan fingerprint density at radius 2 is 1.62 bits per heavy atom. The number of thiocarbonyl (C=S) groups is 1. The number of aliphatic imine (C=N–C) groups is 1. The minimum Gasteiger partial charge on any atom is -0.491 e. The lowest BCUT2D eigenvalue weighted by molar-refractivity contribution is -0.135. The van der Waals surface area contributed by atoms with E-state index in [1.165, 1.54) is 60.6 Å². The lowest BCUT2D eigenvalue weighted by atomic mass is 9.79. The first-order valence-corrected chi connectivity index (χ1v) is 27.3. The average molecular weight is 1030 g/mol. The van der Waals surface area contributed by atoms with Crippen molar-refractivity contribution in [2.45, 2.75) is 173 Å². The van der Waals surface area contributed by atoms with Crippen LogP contribution in [0.1, 0.15) is 171 Å². The van der Waals surface area contributed by atoms with Gasteiger partial charge in [0.25, 0.3) is 0 Å². The van der Waals surface area contributed by atoms with Crippen molar-refractivity contribution in [1.82, 2.24) is 15.3 Å². The number of allylic oxidation sites excluding steroid dienone is 4. The molecule has 0 radical (unpaired) electrons. The van der Waals surface area contributed by atoms with Crippen LogP contribution in [0.2, 0.25) is 0 Å². The van der Waals surface area contributed by atoms with E-state index in [2.05, 4.69) is 107 Å². The number of amides is 3. The van der Waals surface area contributed by atoms with E-state index in [0.717, 1.165) is 80.5 Å². The van der Waals surface area contributed by atoms with E-state index in [1.807, 2.05) is 13.0 Å². The molecule has 5 N–H and O–H groups in total. The van der Waals surface area contributed by atoms with Gasteiger partial charge >= 0.3 is 0 Å². The second kappa shape index (κ2) is 37.5. The summed E-state index contributed by atoms with van der Waals surface area (Å²) >= 11 is 4.70. The molecule has 3 amide bonds. The lowest BCUT2D eigenvalue weighted by Crippen LogP contribution is -2.54. The molecule has 408 valence electrons. The van der Waals surface area contributed by atoms with Gasteiger partial charge in [0.15, 0.2) is 5.84 Å². The predicted molar refractivity (Wildman–Crippen MR) is 303 cm³/mol. The number of ether oxygens (including phenoxy) is 3. The third kappa shape index (κ3) is 24.6. The summed E-state index contributed by atoms with van der Waals surface area (Å²) in [6.45, 7) is 31.8. The molecule has 2 heterocycles. The number of hydrogen-bond acceptors (Lipinski definition) is 12. The molecule has 4 rings (SSSR count). The topological polar surface area (TPSA) is 211 Å². The average Bonchev–Trinajstić information content (AvgIpc) is 3.37. The summed E-state index contributed by atoms with van der Waals surface area (Å²) in [4.78, 5) is 52.4. The largest absolute Gasteiger partial charge is 0.491 e. The highest BCUT2D eigenvalue weighted by Gasteiger charge is 2.35. The molecule has 1 aliphatic carbocycles. The zero-order valence-electron chi connectivity index (χ0n) is 47.0. The van der Waals surface area contributed by atoms with E-state index in [1.54, 1.807) is 24.4 Å². The van der Waals surface area contributed by atoms with Crippen LogP contribution in [-0.4, -0.2) is 91.2 Å². The normalized spacial score (nSPS) is 16.7. The number of carbonyl (C=O) groups is 3. The molecule has 1 saturated heterocycles. The molecule has 4 unspecified atom stereocenters. The number of nitrogens with zero attached hydrogens (tertiary/aromatic N) is 6. The van der Waals surface area contributed by atoms with Crippen molar-refractivity contribution in [2.75, 3.05) is 55.9 Å². The summed E-state index contributed by atoms with van der Waals surface area (Å²) in [6, 6.07) is 8.74. The van der Waals surface area contributed by atoms with E-state index in [-0.39, 0.29) is 18.2 Å². The molecular weight excluding hydrogens is 939 g/mol. The molecule has 15 nitrogen and oxygen atoms in total. The number of amidine groups is 1. The zero-order chi connectivity index (χ0) is 54.9. The Balaban J connectivity index is 0.000000539. The van der Waals surface area contributed by atoms with Gasteiger partial charge in [-0.05, 0) is 131 Å². The van der Waals surface area contributed by atoms with E-state index in [0.29, 0.717) is 73.6 Å². The Labute approximate surface area is 445 Å². The Hall–Kier alpha value is -5.24. The van der Waals surface area contributed by atoms with E-state index < -0.39 is 11.9 Å². The predicted octanol–water partition coefficient (Wildman–Crippen LogP) is 11.1. The molecular formula is C57H93N9O6S. The van der Waals surface area contributed by atoms with Crippen LogP contribution in [0.4, 0.5) is 11.6 Å². The minimum atomic E-state index is -0.695. The number of imide groups is 1. The van der Waals surface area contributed by atoms with Crippen molar-refractivity contribution >= 4 is 52.9 Å². The van der Waals surface area contributed by atoms with Crippen molar-refractivity contribution in [2.24, 2.45) is 40.1 Å². The highest BCUT2D eigenvalue weighted by Crippen LogP contribution is 2.36. The Bertz CT molecular complexity index is 2120. The number of aromatic nitrogens is 2. The zero-order valence-corrected chi connectivity index (χ0v) is 47.8. The number of hydrogen-bond donors (Lipinski definition) is 3. The number of piperidine rings is 1. The summed E-state index contributed by atoms with van der Waals surface area (Å²) in [5.41, 5.74) is 19.4. The fourth-order valence-corrected chi connectivity index (χ4v) is 8.03. The summed E-state index contributed by atoms with van der Waals surface area (Å²) in [7, 11) is 0. The first kappa shape index (κ1) is 65.8. The maximum Gasteiger partial charge on any atom is 0.249 e. The molecule has 0 spiro atoms. The Morgan fingerprint density at radius 3 is 2.16 bits per heavy atom. The number of carbonyl (C=O) groups excluding carboxylic acids is 3. The molecule has 1 aromatic carbocycles. The summed E-state index contributed by atoms with van der Waals surface area (Å²) in [5.74, 6) is 3.10. The van der Waals surface area contributed by atoms with Gasteiger partial charge in [0.2, 0.25) is 23.7 Å². The van der Waals surface area contributed by atoms with Crippen LogP contribution in [0.15, 0.2) is 57.9 Å². The highest BCUT2D eigenvalue weighted by molar-refractivity contribution is 7.78. The molecule has 0 bridgehead atoms. The molecule has 1 aromatic heterocycles. The number of aryl methyl sites for hydroxylation is 1. The Morgan fingerprint density at radius 1 is 0.945 bits per heavy atom. The van der Waals surface area contributed by atoms with E-state index in [9.17, 15) is 19.6 Å². The lowest BCUT2D eigenvalue weighted by Gasteiger charge is -2.33. The van der Waals surface area contributed by atoms with Gasteiger partial charge in [-0.2, -0.15) is 5.26 Å². The quantitative estimate of drug-likeness (QED) is 0.0211. The first-order chi connectivity index (χ1) is 34.8. The van der Waals surface area contributed by atoms with Crippen LogP contribution in [0.3, 0.4) is 0 Å². The monoisotopic (exact) mass is 1030 g/mol. The summed E-state index contributed by atoms with van der Waals surface area (Å²) < 4.78 is 16.5. The first-order valence-electron chi connectivity index (χ1n) is 26.8. The minimum absolute atomic E-state index is 0.212. The SMILES string of the molecule is CCC(C)/C(N)=C(/C#N)C1=C(C)CCCC1C.CCC(C)C.CCCN(CCCC(C)CC)c1nccc(C(N)=NC=S)n1.CCCOCCOCCOc1ccc(N(C(C)=O)C2CCC(=O)NC2=O)c(C)c1. The maximum absolute atomic E-state index is 12.2. The smallest absolute Gasteiger partial charge is 0.249 e. The molecule has 1 aliphatic heterocycles. The van der Waals surface area contributed by atoms with Crippen molar-refractivity contribution in [1.29, 1.82) is 5.26 Å². The third-order valence-electron chi connectivity index (χ3n) is 13.0. The van der Waals surface area contributed by atoms with Crippen LogP contribution < -0.4 is 31.3 Å². The van der Waals surface area contributed by atoms with Gasteiger partial charge in [-0.1, -0.05) is 99.9 Å². The van der Waals surface area contributed by atoms with E-state index >= 15 is 0 Å². The second-order valence-corrected chi connectivity index (χ2v) is 19.6. The molecule has 0 saturated carbocycles. The van der Waals surface area contributed by atoms with Gasteiger partial charge in [-0.25, -0.2) is 15.0 Å². The van der Waals surface area contributed by atoms with Crippen LogP contribution >= 0.6 is 12.2 Å². The molecule has 4 atom stereocenters. The van der Waals surface area contributed by atoms with Crippen LogP contribution in [0.5, 0.6) is 5.75 Å². The highest BCUT2D eigenvalue weighted by atomic mass is 32.1. The van der Waals surface area contributed by atoms with Gasteiger partial charge in [-0.15, -0.1) is 0 Å². The summed E-state index contributed by atoms with van der Waals surface area (Å²) in [5, 5.41) is 11.7. The number of rotatable bonds is 25. The van der Waals surface area contributed by atoms with Gasteiger partial charge in [0, 0.05) is 50.6 Å². The number of nitrogens with one attached hydrogen (secondary N) is 1. The number of nitriles is 1. The van der Waals surface area contributed by atoms with Gasteiger partial charge in [-0.3, -0.25) is 24.6 Å². The fraction of sp³-hybridized carbons (Fsp3) is 0.649. The Kier molecular flexibility index (Phi) is 33.8. The second-order valence-electron chi connectivity index (χ2n) is 19.4. The van der Waals surface area contributed by atoms with Crippen LogP contribution in [0, 0.1) is 41.9 Å². The van der Waals surface area contributed by atoms with Crippen LogP contribution in [-0.2, 0) is 23.9 Å². The molecule has 2 aliphatic rings. The summed E-state index contributed by atoms with van der Waals surface area (Å²) in [6.07, 6.45) is 13.7. The number of nitrogens with two attached hydrogens (primary N) is 2. The number of anilines is 2. The molecule has 16 heteroatoms. The number of benzene rings is 1. The molecule has 1 fully saturated rings. The molecule has 2 aromatic rings. The fourth-order valence-electron chi connectivity index (χ4n) is 7.92. The van der Waals surface area contributed by atoms with Gasteiger partial charge in [0.1, 0.15) is 30.2 Å². The maximum atomic E-state index is 12.2. The van der Waals surface area contributed by atoms with Crippen molar-refractivity contribution in [3.8, 4) is 11.8 Å². The molecule has 73 heavy (non-hydrogen) atoms. The van der Waals surface area contributed by atoms with Crippen LogP contribution in [0.25, 0.3) is 0 Å². The van der Waals surface area contributed by atoms with Crippen molar-refractivity contribution in [3.05, 3.63) is 64.1 Å². The van der Waals surface area contributed by atoms with Gasteiger partial charge < -0.3 is 30.6 Å². The van der Waals surface area contributed by atoms with Crippen molar-refractivity contribution in [3.63, 3.8) is 0 Å².